The highest BCUT2D eigenvalue weighted by atomic mass is 79.9. The zero-order valence-electron chi connectivity index (χ0n) is 9.93. The average molecular weight is 332 g/mol. The fraction of sp³-hybridized carbons (Fsp3) is 0.231. The second-order valence-electron chi connectivity index (χ2n) is 4.00. The zero-order valence-corrected chi connectivity index (χ0v) is 12.3. The molecule has 1 N–H and O–H groups in total. The third kappa shape index (κ3) is 2.63. The third-order valence-electron chi connectivity index (χ3n) is 2.71. The van der Waals surface area contributed by atoms with Gasteiger partial charge in [-0.1, -0.05) is 15.9 Å². The lowest BCUT2D eigenvalue weighted by Gasteiger charge is -2.17. The summed E-state index contributed by atoms with van der Waals surface area (Å²) >= 11 is 4.64. The number of benzene rings is 1. The molecule has 1 aromatic heterocycles. The monoisotopic (exact) mass is 331 g/mol. The summed E-state index contributed by atoms with van der Waals surface area (Å²) < 4.78 is 28.3. The number of hydrogen-bond donors (Lipinski definition) is 1. The molecule has 0 spiro atoms. The molecule has 0 aliphatic carbocycles. The Balaban J connectivity index is 2.51. The Kier molecular flexibility index (Phi) is 4.14. The molecular formula is C13H12BrF2NS. The second kappa shape index (κ2) is 5.47. The van der Waals surface area contributed by atoms with Gasteiger partial charge in [0.25, 0.3) is 0 Å². The summed E-state index contributed by atoms with van der Waals surface area (Å²) in [6, 6.07) is 4.03. The van der Waals surface area contributed by atoms with Crippen molar-refractivity contribution in [1.29, 1.82) is 0 Å². The number of hydrogen-bond acceptors (Lipinski definition) is 2. The summed E-state index contributed by atoms with van der Waals surface area (Å²) in [5, 5.41) is 4.87. The van der Waals surface area contributed by atoms with Crippen LogP contribution in [0, 0.1) is 18.6 Å². The van der Waals surface area contributed by atoms with Gasteiger partial charge in [-0.2, -0.15) is 0 Å². The van der Waals surface area contributed by atoms with Gasteiger partial charge in [-0.15, -0.1) is 11.3 Å². The minimum Gasteiger partial charge on any atom is -0.309 e. The van der Waals surface area contributed by atoms with E-state index in [9.17, 15) is 8.78 Å². The Labute approximate surface area is 117 Å². The molecule has 5 heteroatoms. The maximum Gasteiger partial charge on any atom is 0.132 e. The van der Waals surface area contributed by atoms with Gasteiger partial charge in [-0.3, -0.25) is 0 Å². The summed E-state index contributed by atoms with van der Waals surface area (Å²) in [6.45, 7) is 1.97. The highest BCUT2D eigenvalue weighted by Crippen LogP contribution is 2.31. The van der Waals surface area contributed by atoms with Crippen LogP contribution in [0.1, 0.15) is 22.0 Å². The van der Waals surface area contributed by atoms with Crippen LogP contribution in [0.5, 0.6) is 0 Å². The van der Waals surface area contributed by atoms with E-state index in [4.69, 9.17) is 0 Å². The standard InChI is InChI=1S/C13H12BrF2NS/c1-7-3-8(6-18-7)13(17-2)12-10(15)4-9(14)5-11(12)16/h3-6,13,17H,1-2H3. The Morgan fingerprint density at radius 1 is 1.22 bits per heavy atom. The largest absolute Gasteiger partial charge is 0.309 e. The summed E-state index contributed by atoms with van der Waals surface area (Å²) in [6.07, 6.45) is 0. The number of nitrogens with one attached hydrogen (secondary N) is 1. The number of halogens is 3. The molecule has 1 unspecified atom stereocenters. The fourth-order valence-electron chi connectivity index (χ4n) is 1.92. The van der Waals surface area contributed by atoms with Gasteiger partial charge in [0.15, 0.2) is 0 Å². The highest BCUT2D eigenvalue weighted by Gasteiger charge is 2.22. The third-order valence-corrected chi connectivity index (χ3v) is 4.04. The summed E-state index contributed by atoms with van der Waals surface area (Å²) in [4.78, 5) is 1.11. The van der Waals surface area contributed by atoms with Crippen molar-refractivity contribution in [1.82, 2.24) is 5.32 Å². The Morgan fingerprint density at radius 2 is 1.83 bits per heavy atom. The van der Waals surface area contributed by atoms with E-state index in [1.165, 1.54) is 12.1 Å². The highest BCUT2D eigenvalue weighted by molar-refractivity contribution is 9.10. The van der Waals surface area contributed by atoms with Crippen LogP contribution >= 0.6 is 27.3 Å². The molecule has 0 saturated heterocycles. The summed E-state index contributed by atoms with van der Waals surface area (Å²) in [5.74, 6) is -1.10. The van der Waals surface area contributed by atoms with Gasteiger partial charge in [0, 0.05) is 14.9 Å². The number of aryl methyl sites for hydroxylation is 1. The van der Waals surface area contributed by atoms with E-state index in [1.54, 1.807) is 18.4 Å². The molecule has 96 valence electrons. The maximum atomic E-state index is 13.9. The van der Waals surface area contributed by atoms with Crippen molar-refractivity contribution in [3.8, 4) is 0 Å². The van der Waals surface area contributed by atoms with Crippen molar-refractivity contribution in [2.75, 3.05) is 7.05 Å². The predicted octanol–water partition coefficient (Wildman–Crippen LogP) is 4.41. The normalized spacial score (nSPS) is 12.7. The van der Waals surface area contributed by atoms with E-state index in [0.29, 0.717) is 4.47 Å². The summed E-state index contributed by atoms with van der Waals surface area (Å²) in [5.41, 5.74) is 0.929. The minimum atomic E-state index is -0.551. The van der Waals surface area contributed by atoms with Crippen molar-refractivity contribution in [2.24, 2.45) is 0 Å². The molecule has 18 heavy (non-hydrogen) atoms. The van der Waals surface area contributed by atoms with E-state index in [0.717, 1.165) is 10.4 Å². The first-order chi connectivity index (χ1) is 8.52. The SMILES string of the molecule is CNC(c1csc(C)c1)c1c(F)cc(Br)cc1F. The van der Waals surface area contributed by atoms with Crippen molar-refractivity contribution < 1.29 is 8.78 Å². The van der Waals surface area contributed by atoms with E-state index in [2.05, 4.69) is 21.2 Å². The van der Waals surface area contributed by atoms with Crippen LogP contribution in [-0.2, 0) is 0 Å². The molecule has 0 saturated carbocycles. The first-order valence-corrected chi connectivity index (χ1v) is 7.07. The lowest BCUT2D eigenvalue weighted by molar-refractivity contribution is 0.521. The smallest absolute Gasteiger partial charge is 0.132 e. The van der Waals surface area contributed by atoms with Crippen LogP contribution < -0.4 is 5.32 Å². The van der Waals surface area contributed by atoms with Crippen molar-refractivity contribution >= 4 is 27.3 Å². The van der Waals surface area contributed by atoms with E-state index in [1.807, 2.05) is 18.4 Å². The van der Waals surface area contributed by atoms with Gasteiger partial charge >= 0.3 is 0 Å². The molecule has 0 amide bonds. The lowest BCUT2D eigenvalue weighted by Crippen LogP contribution is -2.20. The van der Waals surface area contributed by atoms with Gasteiger partial charge in [0.2, 0.25) is 0 Å². The minimum absolute atomic E-state index is 0.0542. The van der Waals surface area contributed by atoms with Crippen LogP contribution in [0.4, 0.5) is 8.78 Å². The molecule has 1 aromatic carbocycles. The van der Waals surface area contributed by atoms with Gasteiger partial charge in [0.05, 0.1) is 6.04 Å². The van der Waals surface area contributed by atoms with Crippen molar-refractivity contribution in [3.63, 3.8) is 0 Å². The van der Waals surface area contributed by atoms with Gasteiger partial charge in [-0.25, -0.2) is 8.78 Å². The molecule has 1 heterocycles. The van der Waals surface area contributed by atoms with E-state index in [-0.39, 0.29) is 5.56 Å². The summed E-state index contributed by atoms with van der Waals surface area (Å²) in [7, 11) is 1.69. The second-order valence-corrected chi connectivity index (χ2v) is 6.03. The van der Waals surface area contributed by atoms with Crippen LogP contribution in [0.3, 0.4) is 0 Å². The molecule has 0 aliphatic rings. The molecule has 1 nitrogen and oxygen atoms in total. The van der Waals surface area contributed by atoms with Crippen LogP contribution in [0.25, 0.3) is 0 Å². The van der Waals surface area contributed by atoms with E-state index >= 15 is 0 Å². The Morgan fingerprint density at radius 3 is 2.28 bits per heavy atom. The first-order valence-electron chi connectivity index (χ1n) is 5.39. The molecule has 1 atom stereocenters. The van der Waals surface area contributed by atoms with Gasteiger partial charge < -0.3 is 5.32 Å². The van der Waals surface area contributed by atoms with Gasteiger partial charge in [0.1, 0.15) is 11.6 Å². The quantitative estimate of drug-likeness (QED) is 0.878. The molecule has 2 aromatic rings. The van der Waals surface area contributed by atoms with Gasteiger partial charge in [-0.05, 0) is 43.1 Å². The lowest BCUT2D eigenvalue weighted by atomic mass is 10.00. The van der Waals surface area contributed by atoms with Crippen molar-refractivity contribution in [3.05, 3.63) is 55.7 Å². The average Bonchev–Trinajstić information content (AvgIpc) is 2.69. The molecule has 2 rings (SSSR count). The number of rotatable bonds is 3. The Bertz CT molecular complexity index is 545. The molecule has 0 radical (unpaired) electrons. The first kappa shape index (κ1) is 13.6. The van der Waals surface area contributed by atoms with E-state index < -0.39 is 17.7 Å². The maximum absolute atomic E-state index is 13.9. The molecule has 0 bridgehead atoms. The fourth-order valence-corrected chi connectivity index (χ4v) is 3.05. The van der Waals surface area contributed by atoms with Crippen LogP contribution in [0.15, 0.2) is 28.1 Å². The molecule has 0 fully saturated rings. The number of thiophene rings is 1. The predicted molar refractivity (Wildman–Crippen MR) is 74.0 cm³/mol. The topological polar surface area (TPSA) is 12.0 Å². The Hall–Kier alpha value is -0.780. The van der Waals surface area contributed by atoms with Crippen LogP contribution in [-0.4, -0.2) is 7.05 Å². The molecule has 0 aliphatic heterocycles. The zero-order chi connectivity index (χ0) is 13.3. The molecular weight excluding hydrogens is 320 g/mol. The van der Waals surface area contributed by atoms with Crippen LogP contribution in [0.2, 0.25) is 0 Å². The van der Waals surface area contributed by atoms with Crippen molar-refractivity contribution in [2.45, 2.75) is 13.0 Å².